The number of aryl methyl sites for hydroxylation is 1. The highest BCUT2D eigenvalue weighted by atomic mass is 79.9. The number of carbonyl (C=O) groups excluding carboxylic acids is 1. The summed E-state index contributed by atoms with van der Waals surface area (Å²) in [4.78, 5) is 12.8. The van der Waals surface area contributed by atoms with Crippen LogP contribution in [0.25, 0.3) is 0 Å². The third-order valence-electron chi connectivity index (χ3n) is 3.10. The zero-order valence-electron chi connectivity index (χ0n) is 12.2. The van der Waals surface area contributed by atoms with Crippen molar-refractivity contribution >= 4 is 21.7 Å². The van der Waals surface area contributed by atoms with Gasteiger partial charge >= 0.3 is 0 Å². The summed E-state index contributed by atoms with van der Waals surface area (Å²) in [5.41, 5.74) is 1.01. The lowest BCUT2D eigenvalue weighted by molar-refractivity contribution is 0.102. The Balaban J connectivity index is 2.47. The van der Waals surface area contributed by atoms with Crippen LogP contribution in [0, 0.1) is 0 Å². The molecule has 0 fully saturated rings. The van der Waals surface area contributed by atoms with Crippen molar-refractivity contribution in [1.29, 1.82) is 0 Å². The van der Waals surface area contributed by atoms with Crippen molar-refractivity contribution in [3.05, 3.63) is 40.1 Å². The fraction of sp³-hybridized carbons (Fsp3) is 0.333. The number of nitrogens with zero attached hydrogens (tertiary/aromatic N) is 2. The first kappa shape index (κ1) is 15.6. The number of ketones is 1. The monoisotopic (exact) mass is 352 g/mol. The molecule has 21 heavy (non-hydrogen) atoms. The first-order valence-electron chi connectivity index (χ1n) is 6.60. The molecule has 0 spiro atoms. The number of aromatic nitrogens is 2. The number of ether oxygens (including phenoxy) is 2. The third kappa shape index (κ3) is 3.10. The minimum absolute atomic E-state index is 0.132. The summed E-state index contributed by atoms with van der Waals surface area (Å²) >= 11 is 3.39. The highest BCUT2D eigenvalue weighted by molar-refractivity contribution is 9.10. The van der Waals surface area contributed by atoms with E-state index < -0.39 is 0 Å². The first-order valence-corrected chi connectivity index (χ1v) is 7.39. The molecule has 0 N–H and O–H groups in total. The van der Waals surface area contributed by atoms with Crippen molar-refractivity contribution in [2.24, 2.45) is 0 Å². The average Bonchev–Trinajstić information content (AvgIpc) is 2.87. The summed E-state index contributed by atoms with van der Waals surface area (Å²) in [6.07, 6.45) is 2.53. The lowest BCUT2D eigenvalue weighted by atomic mass is 10.1. The van der Waals surface area contributed by atoms with E-state index >= 15 is 0 Å². The maximum atomic E-state index is 12.8. The Morgan fingerprint density at radius 3 is 2.71 bits per heavy atom. The zero-order chi connectivity index (χ0) is 15.4. The van der Waals surface area contributed by atoms with Crippen molar-refractivity contribution in [3.8, 4) is 11.5 Å². The molecule has 0 aliphatic carbocycles. The van der Waals surface area contributed by atoms with Gasteiger partial charge in [0.15, 0.2) is 0 Å². The summed E-state index contributed by atoms with van der Waals surface area (Å²) in [5, 5.41) is 4.22. The molecule has 0 atom stereocenters. The molecule has 0 amide bonds. The number of rotatable bonds is 6. The van der Waals surface area contributed by atoms with E-state index in [1.165, 1.54) is 7.11 Å². The Labute approximate surface area is 132 Å². The third-order valence-corrected chi connectivity index (χ3v) is 3.68. The molecule has 0 bridgehead atoms. The predicted molar refractivity (Wildman–Crippen MR) is 83.2 cm³/mol. The SMILES string of the molecule is CCCn1ncc(Br)c1C(=O)c1ccc(OC)cc1OC. The largest absolute Gasteiger partial charge is 0.497 e. The van der Waals surface area contributed by atoms with Gasteiger partial charge in [-0.1, -0.05) is 6.92 Å². The van der Waals surface area contributed by atoms with E-state index in [0.717, 1.165) is 6.42 Å². The van der Waals surface area contributed by atoms with E-state index in [9.17, 15) is 4.79 Å². The molecule has 0 radical (unpaired) electrons. The van der Waals surface area contributed by atoms with E-state index in [-0.39, 0.29) is 5.78 Å². The quantitative estimate of drug-likeness (QED) is 0.748. The van der Waals surface area contributed by atoms with Crippen LogP contribution in [-0.4, -0.2) is 29.8 Å². The molecule has 0 aliphatic heterocycles. The average molecular weight is 353 g/mol. The second-order valence-electron chi connectivity index (χ2n) is 4.46. The number of hydrogen-bond acceptors (Lipinski definition) is 4. The molecule has 1 aromatic carbocycles. The Hall–Kier alpha value is -1.82. The molecule has 2 aromatic rings. The molecule has 0 saturated heterocycles. The van der Waals surface area contributed by atoms with Crippen LogP contribution in [0.1, 0.15) is 29.4 Å². The second kappa shape index (κ2) is 6.76. The summed E-state index contributed by atoms with van der Waals surface area (Å²) in [6.45, 7) is 2.73. The van der Waals surface area contributed by atoms with Crippen molar-refractivity contribution in [2.75, 3.05) is 14.2 Å². The maximum Gasteiger partial charge on any atom is 0.215 e. The minimum atomic E-state index is -0.132. The van der Waals surface area contributed by atoms with Gasteiger partial charge in [-0.25, -0.2) is 0 Å². The fourth-order valence-electron chi connectivity index (χ4n) is 2.08. The molecule has 6 heteroatoms. The van der Waals surface area contributed by atoms with Crippen molar-refractivity contribution in [2.45, 2.75) is 19.9 Å². The normalized spacial score (nSPS) is 10.5. The van der Waals surface area contributed by atoms with Crippen LogP contribution in [0.4, 0.5) is 0 Å². The fourth-order valence-corrected chi connectivity index (χ4v) is 2.56. The molecule has 0 saturated carbocycles. The number of benzene rings is 1. The smallest absolute Gasteiger partial charge is 0.215 e. The van der Waals surface area contributed by atoms with Crippen LogP contribution >= 0.6 is 15.9 Å². The van der Waals surface area contributed by atoms with Gasteiger partial charge in [0.25, 0.3) is 0 Å². The predicted octanol–water partition coefficient (Wildman–Crippen LogP) is 3.30. The summed E-state index contributed by atoms with van der Waals surface area (Å²) in [7, 11) is 3.10. The lowest BCUT2D eigenvalue weighted by Crippen LogP contribution is -2.13. The Kier molecular flexibility index (Phi) is 5.01. The topological polar surface area (TPSA) is 53.4 Å². The van der Waals surface area contributed by atoms with Gasteiger partial charge in [0.05, 0.1) is 30.5 Å². The summed E-state index contributed by atoms with van der Waals surface area (Å²) in [5.74, 6) is 0.993. The minimum Gasteiger partial charge on any atom is -0.497 e. The van der Waals surface area contributed by atoms with Crippen LogP contribution in [0.15, 0.2) is 28.9 Å². The van der Waals surface area contributed by atoms with Gasteiger partial charge in [0, 0.05) is 12.6 Å². The first-order chi connectivity index (χ1) is 10.1. The molecule has 0 aliphatic rings. The molecule has 1 heterocycles. The molecule has 112 valence electrons. The summed E-state index contributed by atoms with van der Waals surface area (Å²) < 4.78 is 12.8. The Morgan fingerprint density at radius 1 is 1.33 bits per heavy atom. The van der Waals surface area contributed by atoms with Gasteiger partial charge in [-0.2, -0.15) is 5.10 Å². The number of methoxy groups -OCH3 is 2. The molecule has 5 nitrogen and oxygen atoms in total. The Bertz CT molecular complexity index is 652. The van der Waals surface area contributed by atoms with E-state index in [2.05, 4.69) is 21.0 Å². The van der Waals surface area contributed by atoms with Gasteiger partial charge in [-0.3, -0.25) is 9.48 Å². The number of halogens is 1. The standard InChI is InChI=1S/C15H17BrN2O3/c1-4-7-18-14(12(16)9-17-18)15(19)11-6-5-10(20-2)8-13(11)21-3/h5-6,8-9H,4,7H2,1-3H3. The Morgan fingerprint density at radius 2 is 2.10 bits per heavy atom. The van der Waals surface area contributed by atoms with Crippen molar-refractivity contribution in [1.82, 2.24) is 9.78 Å². The molecular weight excluding hydrogens is 336 g/mol. The van der Waals surface area contributed by atoms with E-state index in [0.29, 0.717) is 33.8 Å². The van der Waals surface area contributed by atoms with Gasteiger partial charge in [0.1, 0.15) is 17.2 Å². The van der Waals surface area contributed by atoms with Crippen molar-refractivity contribution in [3.63, 3.8) is 0 Å². The number of carbonyl (C=O) groups is 1. The van der Waals surface area contributed by atoms with Gasteiger partial charge in [0.2, 0.25) is 5.78 Å². The van der Waals surface area contributed by atoms with Crippen LogP contribution < -0.4 is 9.47 Å². The van der Waals surface area contributed by atoms with Gasteiger partial charge < -0.3 is 9.47 Å². The maximum absolute atomic E-state index is 12.8. The molecule has 1 aromatic heterocycles. The van der Waals surface area contributed by atoms with Crippen LogP contribution in [0.3, 0.4) is 0 Å². The number of hydrogen-bond donors (Lipinski definition) is 0. The molecular formula is C15H17BrN2O3. The van der Waals surface area contributed by atoms with E-state index in [4.69, 9.17) is 9.47 Å². The van der Waals surface area contributed by atoms with Crippen LogP contribution in [0.5, 0.6) is 11.5 Å². The second-order valence-corrected chi connectivity index (χ2v) is 5.31. The highest BCUT2D eigenvalue weighted by Gasteiger charge is 2.22. The van der Waals surface area contributed by atoms with Crippen LogP contribution in [-0.2, 0) is 6.54 Å². The highest BCUT2D eigenvalue weighted by Crippen LogP contribution is 2.29. The molecule has 0 unspecified atom stereocenters. The summed E-state index contributed by atoms with van der Waals surface area (Å²) in [6, 6.07) is 5.14. The molecule has 2 rings (SSSR count). The van der Waals surface area contributed by atoms with Crippen molar-refractivity contribution < 1.29 is 14.3 Å². The lowest BCUT2D eigenvalue weighted by Gasteiger charge is -2.11. The van der Waals surface area contributed by atoms with Crippen LogP contribution in [0.2, 0.25) is 0 Å². The van der Waals surface area contributed by atoms with Gasteiger partial charge in [-0.15, -0.1) is 0 Å². The van der Waals surface area contributed by atoms with E-state index in [1.807, 2.05) is 6.92 Å². The van der Waals surface area contributed by atoms with E-state index in [1.54, 1.807) is 36.2 Å². The van der Waals surface area contributed by atoms with Gasteiger partial charge in [-0.05, 0) is 34.5 Å². The zero-order valence-corrected chi connectivity index (χ0v) is 13.8.